The van der Waals surface area contributed by atoms with Crippen LogP contribution in [-0.2, 0) is 16.1 Å². The number of thioether (sulfide) groups is 1. The minimum atomic E-state index is -0.832. The minimum Gasteiger partial charge on any atom is -0.481 e. The highest BCUT2D eigenvalue weighted by atomic mass is 32.2. The highest BCUT2D eigenvalue weighted by Crippen LogP contribution is 2.62. The fourth-order valence-corrected chi connectivity index (χ4v) is 4.07. The third-order valence-corrected chi connectivity index (χ3v) is 5.25. The largest absolute Gasteiger partial charge is 0.481 e. The van der Waals surface area contributed by atoms with E-state index in [2.05, 4.69) is 14.8 Å². The number of fused-ring (bicyclic) bond motifs is 1. The molecule has 6 nitrogen and oxygen atoms in total. The van der Waals surface area contributed by atoms with Gasteiger partial charge >= 0.3 is 5.97 Å². The first kappa shape index (κ1) is 13.9. The molecule has 2 fully saturated rings. The number of hydrogen-bond acceptors (Lipinski definition) is 5. The standard InChI is InChI=1S/C13H19N3O3S/c1-19-6-5-16-12(11-8-3-2-4-9(8)11)14-15-13(16)20-7-10(17)18/h8-9,11H,2-7H2,1H3,(H,17,18). The SMILES string of the molecule is COCCn1c(SCC(=O)O)nnc1C1C2CCCC21. The van der Waals surface area contributed by atoms with E-state index < -0.39 is 5.97 Å². The highest BCUT2D eigenvalue weighted by molar-refractivity contribution is 7.99. The summed E-state index contributed by atoms with van der Waals surface area (Å²) in [6, 6.07) is 0. The smallest absolute Gasteiger partial charge is 0.313 e. The Labute approximate surface area is 121 Å². The zero-order chi connectivity index (χ0) is 14.1. The van der Waals surface area contributed by atoms with Crippen LogP contribution < -0.4 is 0 Å². The van der Waals surface area contributed by atoms with Crippen LogP contribution in [0.5, 0.6) is 0 Å². The quantitative estimate of drug-likeness (QED) is 0.771. The summed E-state index contributed by atoms with van der Waals surface area (Å²) in [4.78, 5) is 10.7. The normalized spacial score (nSPS) is 27.6. The van der Waals surface area contributed by atoms with Crippen LogP contribution in [0.3, 0.4) is 0 Å². The number of hydrogen-bond donors (Lipinski definition) is 1. The molecule has 0 spiro atoms. The molecule has 1 N–H and O–H groups in total. The summed E-state index contributed by atoms with van der Waals surface area (Å²) in [6.45, 7) is 1.28. The third kappa shape index (κ3) is 2.56. The van der Waals surface area contributed by atoms with Crippen molar-refractivity contribution in [3.8, 4) is 0 Å². The van der Waals surface area contributed by atoms with Crippen LogP contribution in [0.2, 0.25) is 0 Å². The minimum absolute atomic E-state index is 0.0165. The van der Waals surface area contributed by atoms with Crippen LogP contribution >= 0.6 is 11.8 Å². The van der Waals surface area contributed by atoms with Gasteiger partial charge in [-0.2, -0.15) is 0 Å². The van der Waals surface area contributed by atoms with E-state index in [0.29, 0.717) is 24.2 Å². The Hall–Kier alpha value is -1.08. The second-order valence-electron chi connectivity index (χ2n) is 5.45. The fourth-order valence-electron chi connectivity index (χ4n) is 3.38. The average molecular weight is 297 g/mol. The van der Waals surface area contributed by atoms with Gasteiger partial charge in [-0.25, -0.2) is 0 Å². The van der Waals surface area contributed by atoms with Gasteiger partial charge in [-0.05, 0) is 24.7 Å². The molecular formula is C13H19N3O3S. The summed E-state index contributed by atoms with van der Waals surface area (Å²) >= 11 is 1.23. The zero-order valence-electron chi connectivity index (χ0n) is 11.5. The Bertz CT molecular complexity index is 495. The van der Waals surface area contributed by atoms with Crippen LogP contribution in [0.4, 0.5) is 0 Å². The Balaban J connectivity index is 1.76. The van der Waals surface area contributed by atoms with Crippen LogP contribution in [0.1, 0.15) is 31.0 Å². The number of rotatable bonds is 7. The van der Waals surface area contributed by atoms with E-state index in [4.69, 9.17) is 9.84 Å². The van der Waals surface area contributed by atoms with Gasteiger partial charge in [-0.3, -0.25) is 4.79 Å². The van der Waals surface area contributed by atoms with Crippen molar-refractivity contribution in [1.82, 2.24) is 14.8 Å². The van der Waals surface area contributed by atoms with Gasteiger partial charge in [0.15, 0.2) is 5.16 Å². The predicted octanol–water partition coefficient (Wildman–Crippen LogP) is 1.61. The number of carboxylic acid groups (broad SMARTS) is 1. The lowest BCUT2D eigenvalue weighted by Gasteiger charge is -2.10. The predicted molar refractivity (Wildman–Crippen MR) is 73.8 cm³/mol. The monoisotopic (exact) mass is 297 g/mol. The second kappa shape index (κ2) is 5.73. The molecule has 20 heavy (non-hydrogen) atoms. The summed E-state index contributed by atoms with van der Waals surface area (Å²) in [7, 11) is 1.67. The van der Waals surface area contributed by atoms with E-state index >= 15 is 0 Å². The number of methoxy groups -OCH3 is 1. The van der Waals surface area contributed by atoms with Gasteiger partial charge < -0.3 is 14.4 Å². The van der Waals surface area contributed by atoms with Crippen molar-refractivity contribution < 1.29 is 14.6 Å². The summed E-state index contributed by atoms with van der Waals surface area (Å²) in [5.41, 5.74) is 0. The van der Waals surface area contributed by atoms with Crippen molar-refractivity contribution in [1.29, 1.82) is 0 Å². The molecule has 2 atom stereocenters. The number of carbonyl (C=O) groups is 1. The van der Waals surface area contributed by atoms with Gasteiger partial charge in [0.25, 0.3) is 0 Å². The molecular weight excluding hydrogens is 278 g/mol. The van der Waals surface area contributed by atoms with E-state index in [-0.39, 0.29) is 5.75 Å². The molecule has 0 aromatic carbocycles. The van der Waals surface area contributed by atoms with Crippen LogP contribution in [0.15, 0.2) is 5.16 Å². The molecule has 2 unspecified atom stereocenters. The van der Waals surface area contributed by atoms with Crippen molar-refractivity contribution in [3.63, 3.8) is 0 Å². The Morgan fingerprint density at radius 1 is 1.45 bits per heavy atom. The van der Waals surface area contributed by atoms with Crippen molar-refractivity contribution in [3.05, 3.63) is 5.82 Å². The number of nitrogens with zero attached hydrogens (tertiary/aromatic N) is 3. The average Bonchev–Trinajstić information content (AvgIpc) is 2.82. The lowest BCUT2D eigenvalue weighted by atomic mass is 10.1. The maximum Gasteiger partial charge on any atom is 0.313 e. The van der Waals surface area contributed by atoms with Gasteiger partial charge in [0, 0.05) is 19.6 Å². The third-order valence-electron chi connectivity index (χ3n) is 4.29. The maximum absolute atomic E-state index is 10.7. The van der Waals surface area contributed by atoms with E-state index in [1.54, 1.807) is 7.11 Å². The van der Waals surface area contributed by atoms with Gasteiger partial charge in [0.1, 0.15) is 5.82 Å². The Morgan fingerprint density at radius 2 is 2.20 bits per heavy atom. The zero-order valence-corrected chi connectivity index (χ0v) is 12.3. The number of aliphatic carboxylic acids is 1. The number of aromatic nitrogens is 3. The Morgan fingerprint density at radius 3 is 2.85 bits per heavy atom. The van der Waals surface area contributed by atoms with Gasteiger partial charge in [0.2, 0.25) is 0 Å². The molecule has 0 radical (unpaired) electrons. The lowest BCUT2D eigenvalue weighted by Crippen LogP contribution is -2.11. The van der Waals surface area contributed by atoms with E-state index in [9.17, 15) is 4.79 Å². The molecule has 0 bridgehead atoms. The van der Waals surface area contributed by atoms with Crippen molar-refractivity contribution >= 4 is 17.7 Å². The molecule has 2 aliphatic rings. The molecule has 1 aromatic rings. The summed E-state index contributed by atoms with van der Waals surface area (Å²) in [6.07, 6.45) is 3.92. The van der Waals surface area contributed by atoms with Gasteiger partial charge in [-0.15, -0.1) is 10.2 Å². The Kier molecular flexibility index (Phi) is 3.98. The maximum atomic E-state index is 10.7. The highest BCUT2D eigenvalue weighted by Gasteiger charge is 2.55. The summed E-state index contributed by atoms with van der Waals surface area (Å²) in [5, 5.41) is 18.0. The first-order valence-electron chi connectivity index (χ1n) is 6.99. The van der Waals surface area contributed by atoms with E-state index in [0.717, 1.165) is 17.7 Å². The molecule has 0 aliphatic heterocycles. The molecule has 7 heteroatoms. The van der Waals surface area contributed by atoms with Crippen LogP contribution in [0.25, 0.3) is 0 Å². The van der Waals surface area contributed by atoms with Crippen molar-refractivity contribution in [2.75, 3.05) is 19.5 Å². The molecule has 1 aromatic heterocycles. The molecule has 1 heterocycles. The topological polar surface area (TPSA) is 77.2 Å². The first-order valence-corrected chi connectivity index (χ1v) is 7.97. The van der Waals surface area contributed by atoms with Crippen molar-refractivity contribution in [2.45, 2.75) is 36.9 Å². The summed E-state index contributed by atoms with van der Waals surface area (Å²) < 4.78 is 7.20. The van der Waals surface area contributed by atoms with Gasteiger partial charge in [-0.1, -0.05) is 18.2 Å². The molecule has 0 saturated heterocycles. The van der Waals surface area contributed by atoms with E-state index in [1.807, 2.05) is 0 Å². The van der Waals surface area contributed by atoms with Crippen LogP contribution in [0, 0.1) is 11.8 Å². The van der Waals surface area contributed by atoms with E-state index in [1.165, 1.54) is 31.0 Å². The lowest BCUT2D eigenvalue weighted by molar-refractivity contribution is -0.133. The molecule has 0 amide bonds. The molecule has 110 valence electrons. The molecule has 2 aliphatic carbocycles. The number of ether oxygens (including phenoxy) is 1. The fraction of sp³-hybridized carbons (Fsp3) is 0.769. The molecule has 3 rings (SSSR count). The van der Waals surface area contributed by atoms with Crippen LogP contribution in [-0.4, -0.2) is 45.3 Å². The first-order chi connectivity index (χ1) is 9.72. The van der Waals surface area contributed by atoms with Gasteiger partial charge in [0.05, 0.1) is 12.4 Å². The van der Waals surface area contributed by atoms with Crippen molar-refractivity contribution in [2.24, 2.45) is 11.8 Å². The second-order valence-corrected chi connectivity index (χ2v) is 6.39. The number of carboxylic acids is 1. The molecule has 2 saturated carbocycles. The summed E-state index contributed by atoms with van der Waals surface area (Å²) in [5.74, 6) is 2.30.